The van der Waals surface area contributed by atoms with Crippen molar-refractivity contribution in [3.63, 3.8) is 0 Å². The summed E-state index contributed by atoms with van der Waals surface area (Å²) in [6.07, 6.45) is 19.2. The molecule has 0 bridgehead atoms. The molecule has 0 saturated carbocycles. The lowest BCUT2D eigenvalue weighted by molar-refractivity contribution is -0.0178. The van der Waals surface area contributed by atoms with Gasteiger partial charge in [-0.3, -0.25) is 4.18 Å². The summed E-state index contributed by atoms with van der Waals surface area (Å²) in [5, 5.41) is 0. The minimum Gasteiger partial charge on any atom is -0.379 e. The van der Waals surface area contributed by atoms with Crippen molar-refractivity contribution in [3.8, 4) is 0 Å². The largest absolute Gasteiger partial charge is 0.379 e. The number of rotatable bonds is 35. The Hall–Kier alpha value is -1.11. The number of benzene rings is 1. The third kappa shape index (κ3) is 27.7. The van der Waals surface area contributed by atoms with Crippen LogP contribution in [0.3, 0.4) is 0 Å². The molecule has 1 aromatic rings. The van der Waals surface area contributed by atoms with E-state index >= 15 is 0 Å². The Morgan fingerprint density at radius 3 is 1.11 bits per heavy atom. The Bertz CT molecular complexity index is 849. The van der Waals surface area contributed by atoms with Crippen molar-refractivity contribution in [2.24, 2.45) is 0 Å². The highest BCUT2D eigenvalue weighted by molar-refractivity contribution is 7.86. The van der Waals surface area contributed by atoms with E-state index in [2.05, 4.69) is 6.92 Å². The van der Waals surface area contributed by atoms with Crippen LogP contribution in [0.2, 0.25) is 0 Å². The number of hydrogen-bond acceptors (Lipinski definition) is 9. The van der Waals surface area contributed by atoms with Gasteiger partial charge in [-0.05, 0) is 25.5 Å². The van der Waals surface area contributed by atoms with E-state index in [1.165, 1.54) is 95.6 Å². The molecule has 1 rings (SSSR count). The van der Waals surface area contributed by atoms with Crippen LogP contribution in [0.15, 0.2) is 29.2 Å². The zero-order valence-electron chi connectivity index (χ0n) is 28.5. The molecule has 0 amide bonds. The van der Waals surface area contributed by atoms with Crippen LogP contribution in [0, 0.1) is 6.92 Å². The van der Waals surface area contributed by atoms with Crippen LogP contribution in [0.1, 0.15) is 102 Å². The molecule has 1 aromatic carbocycles. The third-order valence-corrected chi connectivity index (χ3v) is 8.60. The number of aryl methyl sites for hydroxylation is 1. The number of unbranched alkanes of at least 4 members (excludes halogenated alkanes) is 13. The predicted octanol–water partition coefficient (Wildman–Crippen LogP) is 7.28. The van der Waals surface area contributed by atoms with Crippen LogP contribution in [-0.2, 0) is 42.7 Å². The maximum Gasteiger partial charge on any atom is 0.297 e. The lowest BCUT2D eigenvalue weighted by atomic mass is 10.0. The molecule has 45 heavy (non-hydrogen) atoms. The monoisotopic (exact) mass is 660 g/mol. The summed E-state index contributed by atoms with van der Waals surface area (Å²) >= 11 is 0. The van der Waals surface area contributed by atoms with Gasteiger partial charge in [0.25, 0.3) is 10.1 Å². The van der Waals surface area contributed by atoms with E-state index < -0.39 is 10.1 Å². The number of hydrogen-bond donors (Lipinski definition) is 0. The van der Waals surface area contributed by atoms with Gasteiger partial charge in [-0.25, -0.2) is 0 Å². The van der Waals surface area contributed by atoms with Gasteiger partial charge in [-0.1, -0.05) is 108 Å². The molecule has 0 N–H and O–H groups in total. The van der Waals surface area contributed by atoms with Crippen molar-refractivity contribution in [2.45, 2.75) is 109 Å². The molecule has 0 spiro atoms. The molecular formula is C35H64O9S. The summed E-state index contributed by atoms with van der Waals surface area (Å²) in [6, 6.07) is 6.52. The van der Waals surface area contributed by atoms with E-state index in [1.807, 2.05) is 6.92 Å². The van der Waals surface area contributed by atoms with Crippen molar-refractivity contribution in [3.05, 3.63) is 29.8 Å². The zero-order valence-corrected chi connectivity index (χ0v) is 29.3. The van der Waals surface area contributed by atoms with E-state index in [1.54, 1.807) is 12.1 Å². The highest BCUT2D eigenvalue weighted by Gasteiger charge is 2.14. The van der Waals surface area contributed by atoms with Gasteiger partial charge >= 0.3 is 0 Å². The fourth-order valence-electron chi connectivity index (χ4n) is 4.58. The van der Waals surface area contributed by atoms with E-state index in [0.717, 1.165) is 18.6 Å². The SMILES string of the molecule is CCCCCCCCCCCCCCCCOCCOCCOCCOCCOCCOCCOS(=O)(=O)c1ccc(C)cc1. The molecule has 0 radical (unpaired) electrons. The van der Waals surface area contributed by atoms with E-state index in [9.17, 15) is 8.42 Å². The quantitative estimate of drug-likeness (QED) is 0.0549. The lowest BCUT2D eigenvalue weighted by Crippen LogP contribution is -2.15. The second-order valence-corrected chi connectivity index (χ2v) is 13.0. The van der Waals surface area contributed by atoms with Crippen LogP contribution in [0.25, 0.3) is 0 Å². The minimum atomic E-state index is -3.76. The first kappa shape index (κ1) is 41.9. The van der Waals surface area contributed by atoms with E-state index in [4.69, 9.17) is 32.6 Å². The zero-order chi connectivity index (χ0) is 32.5. The van der Waals surface area contributed by atoms with Gasteiger partial charge in [0.1, 0.15) is 0 Å². The molecule has 10 heteroatoms. The summed E-state index contributed by atoms with van der Waals surface area (Å²) in [5.41, 5.74) is 0.985. The predicted molar refractivity (Wildman–Crippen MR) is 180 cm³/mol. The molecule has 264 valence electrons. The highest BCUT2D eigenvalue weighted by Crippen LogP contribution is 2.14. The van der Waals surface area contributed by atoms with Crippen molar-refractivity contribution in [1.29, 1.82) is 0 Å². The van der Waals surface area contributed by atoms with Crippen LogP contribution >= 0.6 is 0 Å². The first-order valence-electron chi connectivity index (χ1n) is 17.5. The Morgan fingerprint density at radius 2 is 0.733 bits per heavy atom. The molecule has 0 aliphatic heterocycles. The Balaban J connectivity index is 1.68. The van der Waals surface area contributed by atoms with Gasteiger partial charge in [0.15, 0.2) is 0 Å². The Kier molecular flexibility index (Phi) is 29.3. The topological polar surface area (TPSA) is 98.8 Å². The Labute approximate surface area is 275 Å². The van der Waals surface area contributed by atoms with Crippen molar-refractivity contribution >= 4 is 10.1 Å². The molecule has 0 aliphatic carbocycles. The molecular weight excluding hydrogens is 596 g/mol. The number of ether oxygens (including phenoxy) is 6. The molecule has 0 aromatic heterocycles. The first-order valence-corrected chi connectivity index (χ1v) is 18.9. The molecule has 9 nitrogen and oxygen atoms in total. The van der Waals surface area contributed by atoms with E-state index in [0.29, 0.717) is 66.1 Å². The second kappa shape index (κ2) is 31.5. The molecule has 0 unspecified atom stereocenters. The van der Waals surface area contributed by atoms with Crippen molar-refractivity contribution in [2.75, 3.05) is 85.9 Å². The Morgan fingerprint density at radius 1 is 0.422 bits per heavy atom. The molecule has 0 saturated heterocycles. The summed E-state index contributed by atoms with van der Waals surface area (Å²) in [7, 11) is -3.76. The van der Waals surface area contributed by atoms with Gasteiger partial charge < -0.3 is 28.4 Å². The lowest BCUT2D eigenvalue weighted by Gasteiger charge is -2.09. The van der Waals surface area contributed by atoms with Crippen LogP contribution < -0.4 is 0 Å². The van der Waals surface area contributed by atoms with Gasteiger partial charge in [-0.15, -0.1) is 0 Å². The summed E-state index contributed by atoms with van der Waals surface area (Å²) in [4.78, 5) is 0.140. The molecule has 0 fully saturated rings. The van der Waals surface area contributed by atoms with Crippen molar-refractivity contribution < 1.29 is 41.0 Å². The second-order valence-electron chi connectivity index (χ2n) is 11.4. The average Bonchev–Trinajstić information content (AvgIpc) is 3.03. The van der Waals surface area contributed by atoms with Gasteiger partial charge in [-0.2, -0.15) is 8.42 Å². The summed E-state index contributed by atoms with van der Waals surface area (Å²) < 4.78 is 62.1. The normalized spacial score (nSPS) is 11.9. The smallest absolute Gasteiger partial charge is 0.297 e. The fraction of sp³-hybridized carbons (Fsp3) is 0.829. The third-order valence-electron chi connectivity index (χ3n) is 7.28. The van der Waals surface area contributed by atoms with E-state index in [-0.39, 0.29) is 18.1 Å². The fourth-order valence-corrected chi connectivity index (χ4v) is 5.47. The van der Waals surface area contributed by atoms with Crippen LogP contribution in [0.4, 0.5) is 0 Å². The summed E-state index contributed by atoms with van der Waals surface area (Å²) in [6.45, 7) is 10.1. The van der Waals surface area contributed by atoms with Gasteiger partial charge in [0, 0.05) is 6.61 Å². The molecule has 0 atom stereocenters. The van der Waals surface area contributed by atoms with Crippen molar-refractivity contribution in [1.82, 2.24) is 0 Å². The molecule has 0 aliphatic rings. The summed E-state index contributed by atoms with van der Waals surface area (Å²) in [5.74, 6) is 0. The first-order chi connectivity index (χ1) is 22.1. The maximum atomic E-state index is 12.1. The molecule has 0 heterocycles. The van der Waals surface area contributed by atoms with Gasteiger partial charge in [0.05, 0.1) is 84.2 Å². The minimum absolute atomic E-state index is 0.0439. The highest BCUT2D eigenvalue weighted by atomic mass is 32.2. The van der Waals surface area contributed by atoms with Gasteiger partial charge in [0.2, 0.25) is 0 Å². The van der Waals surface area contributed by atoms with Crippen LogP contribution in [0.5, 0.6) is 0 Å². The standard InChI is InChI=1S/C35H64O9S/c1-3-4-5-6-7-8-9-10-11-12-13-14-15-16-21-38-22-23-39-24-25-40-26-27-41-28-29-42-30-31-43-32-33-44-45(36,37)35-19-17-34(2)18-20-35/h17-20H,3-16,21-33H2,1-2H3. The average molecular weight is 661 g/mol. The maximum absolute atomic E-state index is 12.1. The van der Waals surface area contributed by atoms with Crippen LogP contribution in [-0.4, -0.2) is 94.3 Å².